The van der Waals surface area contributed by atoms with E-state index >= 15 is 0 Å². The SMILES string of the molecule is CC(CO)(CO)NC(=O)C1CCC(C(=O)O)O1. The fourth-order valence-corrected chi connectivity index (χ4v) is 1.52. The van der Waals surface area contributed by atoms with Crippen molar-refractivity contribution in [2.75, 3.05) is 13.2 Å². The van der Waals surface area contributed by atoms with Crippen LogP contribution in [-0.4, -0.2) is 58.2 Å². The lowest BCUT2D eigenvalue weighted by atomic mass is 10.0. The number of carboxylic acids is 1. The van der Waals surface area contributed by atoms with Gasteiger partial charge in [-0.1, -0.05) is 0 Å². The molecule has 0 radical (unpaired) electrons. The lowest BCUT2D eigenvalue weighted by molar-refractivity contribution is -0.152. The Morgan fingerprint density at radius 2 is 1.82 bits per heavy atom. The molecule has 2 atom stereocenters. The molecule has 0 saturated carbocycles. The maximum absolute atomic E-state index is 11.7. The van der Waals surface area contributed by atoms with E-state index in [1.54, 1.807) is 0 Å². The molecule has 98 valence electrons. The molecule has 1 aliphatic heterocycles. The molecule has 7 nitrogen and oxygen atoms in total. The van der Waals surface area contributed by atoms with Crippen LogP contribution < -0.4 is 5.32 Å². The van der Waals surface area contributed by atoms with Gasteiger partial charge in [0.2, 0.25) is 5.91 Å². The van der Waals surface area contributed by atoms with Gasteiger partial charge in [-0.3, -0.25) is 4.79 Å². The molecule has 0 aromatic rings. The molecular formula is C10H17NO6. The van der Waals surface area contributed by atoms with E-state index in [2.05, 4.69) is 5.32 Å². The standard InChI is InChI=1S/C10H17NO6/c1-10(4-12,5-13)11-8(14)6-2-3-7(17-6)9(15)16/h6-7,12-13H,2-5H2,1H3,(H,11,14)(H,15,16). The molecule has 0 aromatic carbocycles. The average Bonchev–Trinajstić information content (AvgIpc) is 2.78. The highest BCUT2D eigenvalue weighted by Crippen LogP contribution is 2.20. The van der Waals surface area contributed by atoms with Crippen LogP contribution in [0.2, 0.25) is 0 Å². The number of amides is 1. The van der Waals surface area contributed by atoms with Gasteiger partial charge in [-0.2, -0.15) is 0 Å². The van der Waals surface area contributed by atoms with Crippen LogP contribution in [0.1, 0.15) is 19.8 Å². The van der Waals surface area contributed by atoms with Crippen LogP contribution >= 0.6 is 0 Å². The van der Waals surface area contributed by atoms with E-state index in [1.165, 1.54) is 6.92 Å². The fraction of sp³-hybridized carbons (Fsp3) is 0.800. The Bertz CT molecular complexity index is 301. The van der Waals surface area contributed by atoms with Crippen LogP contribution in [0.25, 0.3) is 0 Å². The summed E-state index contributed by atoms with van der Waals surface area (Å²) >= 11 is 0. The minimum absolute atomic E-state index is 0.280. The average molecular weight is 247 g/mol. The highest BCUT2D eigenvalue weighted by atomic mass is 16.5. The molecule has 1 amide bonds. The molecule has 4 N–H and O–H groups in total. The molecule has 7 heteroatoms. The third kappa shape index (κ3) is 3.39. The van der Waals surface area contributed by atoms with Crippen LogP contribution in [0.5, 0.6) is 0 Å². The molecule has 1 heterocycles. The molecule has 2 unspecified atom stereocenters. The zero-order chi connectivity index (χ0) is 13.1. The summed E-state index contributed by atoms with van der Waals surface area (Å²) in [4.78, 5) is 22.3. The van der Waals surface area contributed by atoms with Crippen molar-refractivity contribution in [1.29, 1.82) is 0 Å². The number of nitrogens with one attached hydrogen (secondary N) is 1. The first-order chi connectivity index (χ1) is 7.91. The number of hydrogen-bond donors (Lipinski definition) is 4. The van der Waals surface area contributed by atoms with E-state index < -0.39 is 42.8 Å². The predicted octanol–water partition coefficient (Wildman–Crippen LogP) is -1.52. The summed E-state index contributed by atoms with van der Waals surface area (Å²) in [6.07, 6.45) is -1.20. The second kappa shape index (κ2) is 5.44. The minimum atomic E-state index is -1.12. The third-order valence-electron chi connectivity index (χ3n) is 2.71. The van der Waals surface area contributed by atoms with Gasteiger partial charge in [0.05, 0.1) is 18.8 Å². The minimum Gasteiger partial charge on any atom is -0.479 e. The van der Waals surface area contributed by atoms with Gasteiger partial charge in [0.1, 0.15) is 6.10 Å². The van der Waals surface area contributed by atoms with Gasteiger partial charge in [-0.15, -0.1) is 0 Å². The van der Waals surface area contributed by atoms with Crippen molar-refractivity contribution in [3.05, 3.63) is 0 Å². The number of aliphatic carboxylic acids is 1. The molecular weight excluding hydrogens is 230 g/mol. The number of hydrogen-bond acceptors (Lipinski definition) is 5. The molecule has 1 fully saturated rings. The van der Waals surface area contributed by atoms with Crippen molar-refractivity contribution in [3.8, 4) is 0 Å². The fourth-order valence-electron chi connectivity index (χ4n) is 1.52. The summed E-state index contributed by atoms with van der Waals surface area (Å²) in [5, 5.41) is 29.2. The smallest absolute Gasteiger partial charge is 0.332 e. The topological polar surface area (TPSA) is 116 Å². The number of rotatable bonds is 5. The number of carbonyl (C=O) groups excluding carboxylic acids is 1. The van der Waals surface area contributed by atoms with Gasteiger partial charge in [0, 0.05) is 0 Å². The molecule has 0 aromatic heterocycles. The van der Waals surface area contributed by atoms with Crippen molar-refractivity contribution in [3.63, 3.8) is 0 Å². The first-order valence-electron chi connectivity index (χ1n) is 5.34. The quantitative estimate of drug-likeness (QED) is 0.469. The van der Waals surface area contributed by atoms with Crippen molar-refractivity contribution in [2.24, 2.45) is 0 Å². The number of carboxylic acid groups (broad SMARTS) is 1. The predicted molar refractivity (Wildman–Crippen MR) is 56.3 cm³/mol. The van der Waals surface area contributed by atoms with Gasteiger partial charge < -0.3 is 25.4 Å². The van der Waals surface area contributed by atoms with Gasteiger partial charge in [0.25, 0.3) is 0 Å². The van der Waals surface area contributed by atoms with Gasteiger partial charge >= 0.3 is 5.97 Å². The Morgan fingerprint density at radius 1 is 1.29 bits per heavy atom. The maximum atomic E-state index is 11.7. The Kier molecular flexibility index (Phi) is 4.44. The van der Waals surface area contributed by atoms with Crippen molar-refractivity contribution in [2.45, 2.75) is 37.5 Å². The number of carbonyl (C=O) groups is 2. The Hall–Kier alpha value is -1.18. The van der Waals surface area contributed by atoms with E-state index in [1.807, 2.05) is 0 Å². The zero-order valence-electron chi connectivity index (χ0n) is 9.55. The Morgan fingerprint density at radius 3 is 2.24 bits per heavy atom. The van der Waals surface area contributed by atoms with Gasteiger partial charge in [0.15, 0.2) is 6.10 Å². The summed E-state index contributed by atoms with van der Waals surface area (Å²) in [6.45, 7) is 0.656. The van der Waals surface area contributed by atoms with E-state index in [4.69, 9.17) is 20.1 Å². The summed E-state index contributed by atoms with van der Waals surface area (Å²) in [5.74, 6) is -1.60. The highest BCUT2D eigenvalue weighted by Gasteiger charge is 2.37. The van der Waals surface area contributed by atoms with E-state index in [9.17, 15) is 9.59 Å². The number of aliphatic hydroxyl groups excluding tert-OH is 2. The first kappa shape index (κ1) is 13.9. The van der Waals surface area contributed by atoms with Crippen LogP contribution in [0.3, 0.4) is 0 Å². The van der Waals surface area contributed by atoms with Crippen LogP contribution in [-0.2, 0) is 14.3 Å². The highest BCUT2D eigenvalue weighted by molar-refractivity contribution is 5.83. The lowest BCUT2D eigenvalue weighted by Gasteiger charge is -2.27. The Balaban J connectivity index is 2.52. The van der Waals surface area contributed by atoms with E-state index in [0.717, 1.165) is 0 Å². The third-order valence-corrected chi connectivity index (χ3v) is 2.71. The first-order valence-corrected chi connectivity index (χ1v) is 5.34. The number of ether oxygens (including phenoxy) is 1. The number of aliphatic hydroxyl groups is 2. The largest absolute Gasteiger partial charge is 0.479 e. The van der Waals surface area contributed by atoms with E-state index in [0.29, 0.717) is 6.42 Å². The second-order valence-corrected chi connectivity index (χ2v) is 4.40. The van der Waals surface area contributed by atoms with Crippen molar-refractivity contribution in [1.82, 2.24) is 5.32 Å². The van der Waals surface area contributed by atoms with E-state index in [-0.39, 0.29) is 6.42 Å². The summed E-state index contributed by atoms with van der Waals surface area (Å²) in [5.41, 5.74) is -1.12. The molecule has 1 saturated heterocycles. The second-order valence-electron chi connectivity index (χ2n) is 4.40. The monoisotopic (exact) mass is 247 g/mol. The lowest BCUT2D eigenvalue weighted by Crippen LogP contribution is -2.54. The zero-order valence-corrected chi connectivity index (χ0v) is 9.55. The van der Waals surface area contributed by atoms with Gasteiger partial charge in [-0.25, -0.2) is 4.79 Å². The molecule has 0 bridgehead atoms. The van der Waals surface area contributed by atoms with Crippen LogP contribution in [0.15, 0.2) is 0 Å². The normalized spacial score (nSPS) is 24.6. The molecule has 0 spiro atoms. The van der Waals surface area contributed by atoms with Crippen molar-refractivity contribution >= 4 is 11.9 Å². The Labute approximate surface area is 98.4 Å². The maximum Gasteiger partial charge on any atom is 0.332 e. The molecule has 1 rings (SSSR count). The summed E-state index contributed by atoms with van der Waals surface area (Å²) in [6, 6.07) is 0. The van der Waals surface area contributed by atoms with Gasteiger partial charge in [-0.05, 0) is 19.8 Å². The van der Waals surface area contributed by atoms with Crippen LogP contribution in [0.4, 0.5) is 0 Å². The molecule has 0 aliphatic carbocycles. The molecule has 17 heavy (non-hydrogen) atoms. The van der Waals surface area contributed by atoms with Crippen molar-refractivity contribution < 1.29 is 29.6 Å². The molecule has 1 aliphatic rings. The van der Waals surface area contributed by atoms with Crippen LogP contribution in [0, 0.1) is 0 Å². The summed E-state index contributed by atoms with van der Waals surface area (Å²) in [7, 11) is 0. The summed E-state index contributed by atoms with van der Waals surface area (Å²) < 4.78 is 5.04.